The van der Waals surface area contributed by atoms with Gasteiger partial charge >= 0.3 is 6.03 Å². The molecule has 0 bridgehead atoms. The first-order valence-electron chi connectivity index (χ1n) is 6.87. The van der Waals surface area contributed by atoms with Crippen LogP contribution in [-0.2, 0) is 9.59 Å². The van der Waals surface area contributed by atoms with Gasteiger partial charge in [0.1, 0.15) is 12.1 Å². The minimum Gasteiger partial charge on any atom is -0.324 e. The Balaban J connectivity index is 2.10. The Kier molecular flexibility index (Phi) is 3.97. The van der Waals surface area contributed by atoms with Gasteiger partial charge in [0.2, 0.25) is 5.91 Å². The quantitative estimate of drug-likeness (QED) is 0.827. The molecule has 0 saturated carbocycles. The molecule has 0 aromatic heterocycles. The van der Waals surface area contributed by atoms with Crippen LogP contribution in [0.5, 0.6) is 0 Å². The first kappa shape index (κ1) is 15.0. The first-order chi connectivity index (χ1) is 9.88. The maximum absolute atomic E-state index is 12.1. The molecule has 1 aromatic carbocycles. The monoisotopic (exact) mass is 289 g/mol. The highest BCUT2D eigenvalue weighted by atomic mass is 16.2. The summed E-state index contributed by atoms with van der Waals surface area (Å²) in [5.74, 6) is -0.687. The van der Waals surface area contributed by atoms with Gasteiger partial charge in [0.25, 0.3) is 5.91 Å². The summed E-state index contributed by atoms with van der Waals surface area (Å²) in [7, 11) is 0. The zero-order valence-electron chi connectivity index (χ0n) is 12.4. The maximum atomic E-state index is 12.1. The fourth-order valence-corrected chi connectivity index (χ4v) is 2.29. The summed E-state index contributed by atoms with van der Waals surface area (Å²) >= 11 is 0. The average Bonchev–Trinajstić information content (AvgIpc) is 2.65. The Hall–Kier alpha value is -2.37. The Labute approximate surface area is 123 Å². The molecule has 1 unspecified atom stereocenters. The van der Waals surface area contributed by atoms with E-state index in [2.05, 4.69) is 10.6 Å². The number of para-hydroxylation sites is 1. The standard InChI is InChI=1S/C15H19N3O3/c1-4-15(3)13(20)17-14(21)18(15)9-12(19)16-11-8-6-5-7-10(11)2/h5-8H,4,9H2,1-3H3,(H,16,19)(H,17,20,21). The smallest absolute Gasteiger partial charge is 0.324 e. The van der Waals surface area contributed by atoms with Crippen LogP contribution in [0.15, 0.2) is 24.3 Å². The predicted octanol–water partition coefficient (Wildman–Crippen LogP) is 1.65. The van der Waals surface area contributed by atoms with Gasteiger partial charge in [0.05, 0.1) is 0 Å². The van der Waals surface area contributed by atoms with E-state index in [9.17, 15) is 14.4 Å². The molecule has 1 fully saturated rings. The summed E-state index contributed by atoms with van der Waals surface area (Å²) in [4.78, 5) is 37.1. The molecule has 1 saturated heterocycles. The summed E-state index contributed by atoms with van der Waals surface area (Å²) in [6, 6.07) is 6.86. The third-order valence-corrected chi connectivity index (χ3v) is 3.96. The van der Waals surface area contributed by atoms with Crippen molar-refractivity contribution >= 4 is 23.5 Å². The van der Waals surface area contributed by atoms with Crippen LogP contribution in [0.3, 0.4) is 0 Å². The highest BCUT2D eigenvalue weighted by Crippen LogP contribution is 2.25. The minimum atomic E-state index is -0.972. The molecule has 4 amide bonds. The molecule has 6 nitrogen and oxygen atoms in total. The van der Waals surface area contributed by atoms with E-state index in [4.69, 9.17) is 0 Å². The fourth-order valence-electron chi connectivity index (χ4n) is 2.29. The summed E-state index contributed by atoms with van der Waals surface area (Å²) < 4.78 is 0. The lowest BCUT2D eigenvalue weighted by Crippen LogP contribution is -2.49. The number of anilines is 1. The third kappa shape index (κ3) is 2.74. The molecule has 1 aliphatic rings. The lowest BCUT2D eigenvalue weighted by Gasteiger charge is -2.30. The number of imide groups is 1. The molecule has 2 N–H and O–H groups in total. The number of aryl methyl sites for hydroxylation is 1. The van der Waals surface area contributed by atoms with Crippen molar-refractivity contribution in [1.29, 1.82) is 0 Å². The van der Waals surface area contributed by atoms with E-state index < -0.39 is 11.6 Å². The zero-order chi connectivity index (χ0) is 15.6. The molecule has 1 heterocycles. The van der Waals surface area contributed by atoms with Crippen LogP contribution < -0.4 is 10.6 Å². The van der Waals surface area contributed by atoms with Crippen LogP contribution in [0, 0.1) is 6.92 Å². The van der Waals surface area contributed by atoms with Crippen LogP contribution in [0.1, 0.15) is 25.8 Å². The first-order valence-corrected chi connectivity index (χ1v) is 6.87. The van der Waals surface area contributed by atoms with Crippen molar-refractivity contribution in [2.45, 2.75) is 32.7 Å². The Morgan fingerprint density at radius 1 is 1.33 bits per heavy atom. The van der Waals surface area contributed by atoms with E-state index >= 15 is 0 Å². The molecule has 0 aliphatic carbocycles. The normalized spacial score (nSPS) is 21.4. The summed E-state index contributed by atoms with van der Waals surface area (Å²) in [6.45, 7) is 5.20. The van der Waals surface area contributed by atoms with Crippen molar-refractivity contribution in [2.75, 3.05) is 11.9 Å². The summed E-state index contributed by atoms with van der Waals surface area (Å²) in [5, 5.41) is 5.02. The van der Waals surface area contributed by atoms with E-state index in [1.54, 1.807) is 13.0 Å². The van der Waals surface area contributed by atoms with Crippen molar-refractivity contribution in [3.8, 4) is 0 Å². The van der Waals surface area contributed by atoms with Crippen LogP contribution in [0.4, 0.5) is 10.5 Å². The van der Waals surface area contributed by atoms with E-state index in [1.165, 1.54) is 4.90 Å². The predicted molar refractivity (Wildman–Crippen MR) is 78.7 cm³/mol. The molecule has 1 aromatic rings. The second-order valence-corrected chi connectivity index (χ2v) is 5.34. The summed E-state index contributed by atoms with van der Waals surface area (Å²) in [5.41, 5.74) is 0.665. The number of nitrogens with zero attached hydrogens (tertiary/aromatic N) is 1. The van der Waals surface area contributed by atoms with Crippen molar-refractivity contribution in [3.05, 3.63) is 29.8 Å². The van der Waals surface area contributed by atoms with Gasteiger partial charge in [-0.3, -0.25) is 14.9 Å². The van der Waals surface area contributed by atoms with Crippen LogP contribution in [0.25, 0.3) is 0 Å². The number of hydrogen-bond donors (Lipinski definition) is 2. The molecule has 21 heavy (non-hydrogen) atoms. The molecule has 1 atom stereocenters. The topological polar surface area (TPSA) is 78.5 Å². The van der Waals surface area contributed by atoms with Gasteiger partial charge in [0, 0.05) is 5.69 Å². The average molecular weight is 289 g/mol. The molecule has 112 valence electrons. The SMILES string of the molecule is CCC1(C)C(=O)NC(=O)N1CC(=O)Nc1ccccc1C. The van der Waals surface area contributed by atoms with Gasteiger partial charge in [-0.15, -0.1) is 0 Å². The maximum Gasteiger partial charge on any atom is 0.325 e. The Morgan fingerprint density at radius 3 is 2.62 bits per heavy atom. The Morgan fingerprint density at radius 2 is 2.00 bits per heavy atom. The fraction of sp³-hybridized carbons (Fsp3) is 0.400. The van der Waals surface area contributed by atoms with Crippen molar-refractivity contribution in [1.82, 2.24) is 10.2 Å². The molecule has 0 radical (unpaired) electrons. The number of amides is 4. The highest BCUT2D eigenvalue weighted by Gasteiger charge is 2.48. The van der Waals surface area contributed by atoms with Gasteiger partial charge < -0.3 is 10.2 Å². The van der Waals surface area contributed by atoms with Gasteiger partial charge in [-0.2, -0.15) is 0 Å². The number of rotatable bonds is 4. The lowest BCUT2D eigenvalue weighted by molar-refractivity contribution is -0.127. The van der Waals surface area contributed by atoms with Gasteiger partial charge in [-0.05, 0) is 31.9 Å². The van der Waals surface area contributed by atoms with Gasteiger partial charge in [-0.1, -0.05) is 25.1 Å². The number of carbonyl (C=O) groups excluding carboxylic acids is 3. The number of benzene rings is 1. The third-order valence-electron chi connectivity index (χ3n) is 3.96. The van der Waals surface area contributed by atoms with Crippen molar-refractivity contribution in [2.24, 2.45) is 0 Å². The number of hydrogen-bond acceptors (Lipinski definition) is 3. The summed E-state index contributed by atoms with van der Waals surface area (Å²) in [6.07, 6.45) is 0.447. The number of nitrogens with one attached hydrogen (secondary N) is 2. The second-order valence-electron chi connectivity index (χ2n) is 5.34. The molecule has 1 aliphatic heterocycles. The number of urea groups is 1. The van der Waals surface area contributed by atoms with E-state index in [0.717, 1.165) is 5.56 Å². The Bertz CT molecular complexity index is 600. The van der Waals surface area contributed by atoms with Crippen molar-refractivity contribution in [3.63, 3.8) is 0 Å². The highest BCUT2D eigenvalue weighted by molar-refractivity contribution is 6.08. The minimum absolute atomic E-state index is 0.157. The zero-order valence-corrected chi connectivity index (χ0v) is 12.4. The van der Waals surface area contributed by atoms with Gasteiger partial charge in [-0.25, -0.2) is 4.79 Å². The lowest BCUT2D eigenvalue weighted by atomic mass is 9.97. The molecule has 6 heteroatoms. The van der Waals surface area contributed by atoms with Crippen LogP contribution in [0.2, 0.25) is 0 Å². The largest absolute Gasteiger partial charge is 0.325 e. The van der Waals surface area contributed by atoms with Crippen molar-refractivity contribution < 1.29 is 14.4 Å². The molecular weight excluding hydrogens is 270 g/mol. The second kappa shape index (κ2) is 5.55. The van der Waals surface area contributed by atoms with Gasteiger partial charge in [0.15, 0.2) is 0 Å². The van der Waals surface area contributed by atoms with Crippen LogP contribution in [-0.4, -0.2) is 34.8 Å². The van der Waals surface area contributed by atoms with E-state index in [1.807, 2.05) is 32.0 Å². The van der Waals surface area contributed by atoms with E-state index in [0.29, 0.717) is 12.1 Å². The number of carbonyl (C=O) groups is 3. The van der Waals surface area contributed by atoms with Crippen LogP contribution >= 0.6 is 0 Å². The molecule has 0 spiro atoms. The molecule has 2 rings (SSSR count). The van der Waals surface area contributed by atoms with E-state index in [-0.39, 0.29) is 18.4 Å². The molecular formula is C15H19N3O3.